The van der Waals surface area contributed by atoms with E-state index in [1.54, 1.807) is 16.7 Å². The van der Waals surface area contributed by atoms with Gasteiger partial charge in [0.25, 0.3) is 0 Å². The first-order chi connectivity index (χ1) is 12.5. The largest absolute Gasteiger partial charge is 0.326 e. The van der Waals surface area contributed by atoms with Crippen LogP contribution < -0.4 is 15.5 Å². The number of nitrogens with zero attached hydrogens (tertiary/aromatic N) is 1. The van der Waals surface area contributed by atoms with Gasteiger partial charge in [-0.25, -0.2) is 4.79 Å². The van der Waals surface area contributed by atoms with Crippen LogP contribution in [0.3, 0.4) is 0 Å². The Morgan fingerprint density at radius 2 is 1.77 bits per heavy atom. The summed E-state index contributed by atoms with van der Waals surface area (Å²) in [5, 5.41) is 5.57. The van der Waals surface area contributed by atoms with Crippen molar-refractivity contribution in [3.63, 3.8) is 0 Å². The number of amides is 3. The molecular weight excluding hydrogens is 346 g/mol. The number of nitrogens with one attached hydrogen (secondary N) is 2. The van der Waals surface area contributed by atoms with E-state index in [0.717, 1.165) is 21.7 Å². The van der Waals surface area contributed by atoms with Gasteiger partial charge in [0.2, 0.25) is 5.91 Å². The Kier molecular flexibility index (Phi) is 5.52. The molecule has 1 fully saturated rings. The first-order valence-corrected chi connectivity index (χ1v) is 9.80. The fraction of sp³-hybridized carbons (Fsp3) is 0.300. The summed E-state index contributed by atoms with van der Waals surface area (Å²) in [5.41, 5.74) is 3.84. The number of carbonyl (C=O) groups is 2. The molecule has 0 aliphatic carbocycles. The molecule has 2 aromatic carbocycles. The highest BCUT2D eigenvalue weighted by Gasteiger charge is 2.33. The van der Waals surface area contributed by atoms with Crippen LogP contribution in [-0.2, 0) is 4.79 Å². The van der Waals surface area contributed by atoms with Crippen LogP contribution >= 0.6 is 11.8 Å². The third-order valence-corrected chi connectivity index (χ3v) is 5.12. The zero-order valence-electron chi connectivity index (χ0n) is 15.2. The van der Waals surface area contributed by atoms with Gasteiger partial charge in [-0.2, -0.15) is 0 Å². The molecule has 3 amide bonds. The molecule has 3 rings (SSSR count). The number of hydrogen-bond acceptors (Lipinski definition) is 3. The standard InChI is InChI=1S/C20H23N3O2S/c1-13-10-14(2)12-16(11-13)23-9-8-18(19(23)24)22-20(25)21-15-4-6-17(26-3)7-5-15/h4-7,10-12,18H,8-9H2,1-3H3,(H2,21,22,25)/t18-/m0/s1. The fourth-order valence-corrected chi connectivity index (χ4v) is 3.58. The average Bonchev–Trinajstić information content (AvgIpc) is 2.95. The predicted octanol–water partition coefficient (Wildman–Crippen LogP) is 3.95. The van der Waals surface area contributed by atoms with E-state index < -0.39 is 6.04 Å². The van der Waals surface area contributed by atoms with Crippen molar-refractivity contribution in [3.8, 4) is 0 Å². The van der Waals surface area contributed by atoms with E-state index >= 15 is 0 Å². The summed E-state index contributed by atoms with van der Waals surface area (Å²) in [6, 6.07) is 12.8. The monoisotopic (exact) mass is 369 g/mol. The van der Waals surface area contributed by atoms with E-state index in [2.05, 4.69) is 16.7 Å². The van der Waals surface area contributed by atoms with Gasteiger partial charge >= 0.3 is 6.03 Å². The maximum Gasteiger partial charge on any atom is 0.319 e. The van der Waals surface area contributed by atoms with Gasteiger partial charge in [-0.3, -0.25) is 4.79 Å². The second kappa shape index (κ2) is 7.83. The number of urea groups is 1. The number of benzene rings is 2. The smallest absolute Gasteiger partial charge is 0.319 e. The molecule has 2 N–H and O–H groups in total. The third-order valence-electron chi connectivity index (χ3n) is 4.38. The molecule has 0 unspecified atom stereocenters. The lowest BCUT2D eigenvalue weighted by molar-refractivity contribution is -0.118. The summed E-state index contributed by atoms with van der Waals surface area (Å²) in [7, 11) is 0. The Hall–Kier alpha value is -2.47. The van der Waals surface area contributed by atoms with Crippen LogP contribution in [0.5, 0.6) is 0 Å². The molecule has 1 saturated heterocycles. The average molecular weight is 369 g/mol. The molecule has 26 heavy (non-hydrogen) atoms. The number of aryl methyl sites for hydroxylation is 2. The van der Waals surface area contributed by atoms with Crippen molar-refractivity contribution in [2.24, 2.45) is 0 Å². The van der Waals surface area contributed by atoms with E-state index in [1.165, 1.54) is 0 Å². The van der Waals surface area contributed by atoms with Crippen molar-refractivity contribution in [3.05, 3.63) is 53.6 Å². The fourth-order valence-electron chi connectivity index (χ4n) is 3.18. The second-order valence-corrected chi connectivity index (χ2v) is 7.38. The second-order valence-electron chi connectivity index (χ2n) is 6.50. The molecule has 0 saturated carbocycles. The van der Waals surface area contributed by atoms with E-state index in [4.69, 9.17) is 0 Å². The highest BCUT2D eigenvalue weighted by molar-refractivity contribution is 7.98. The van der Waals surface area contributed by atoms with Crippen LogP contribution in [-0.4, -0.2) is 30.8 Å². The minimum Gasteiger partial charge on any atom is -0.326 e. The summed E-state index contributed by atoms with van der Waals surface area (Å²) in [4.78, 5) is 27.8. The third kappa shape index (κ3) is 4.19. The van der Waals surface area contributed by atoms with Gasteiger partial charge in [0.1, 0.15) is 6.04 Å². The van der Waals surface area contributed by atoms with Gasteiger partial charge in [-0.15, -0.1) is 11.8 Å². The van der Waals surface area contributed by atoms with Crippen molar-refractivity contribution < 1.29 is 9.59 Å². The minimum absolute atomic E-state index is 0.0668. The van der Waals surface area contributed by atoms with Crippen molar-refractivity contribution in [1.29, 1.82) is 0 Å². The van der Waals surface area contributed by atoms with Crippen LogP contribution in [0.1, 0.15) is 17.5 Å². The van der Waals surface area contributed by atoms with Gasteiger partial charge in [0.15, 0.2) is 0 Å². The summed E-state index contributed by atoms with van der Waals surface area (Å²) in [6.45, 7) is 4.64. The normalized spacial score (nSPS) is 16.7. The van der Waals surface area contributed by atoms with Gasteiger partial charge in [-0.1, -0.05) is 6.07 Å². The molecule has 1 aliphatic heterocycles. The van der Waals surface area contributed by atoms with E-state index in [-0.39, 0.29) is 11.9 Å². The Morgan fingerprint density at radius 1 is 1.12 bits per heavy atom. The molecule has 136 valence electrons. The first kappa shape index (κ1) is 18.3. The number of thioether (sulfide) groups is 1. The summed E-state index contributed by atoms with van der Waals surface area (Å²) >= 11 is 1.64. The molecule has 0 bridgehead atoms. The van der Waals surface area contributed by atoms with Gasteiger partial charge in [0.05, 0.1) is 0 Å². The number of carbonyl (C=O) groups excluding carboxylic acids is 2. The molecule has 1 heterocycles. The minimum atomic E-state index is -0.499. The van der Waals surface area contributed by atoms with Crippen LogP contribution in [0.25, 0.3) is 0 Å². The lowest BCUT2D eigenvalue weighted by Gasteiger charge is -2.18. The van der Waals surface area contributed by atoms with Crippen LogP contribution in [0.2, 0.25) is 0 Å². The zero-order chi connectivity index (χ0) is 18.7. The number of rotatable bonds is 4. The Bertz CT molecular complexity index is 800. The Labute approximate surface area is 158 Å². The Balaban J connectivity index is 1.61. The molecule has 0 aromatic heterocycles. The van der Waals surface area contributed by atoms with Crippen molar-refractivity contribution >= 4 is 35.1 Å². The predicted molar refractivity (Wildman–Crippen MR) is 107 cm³/mol. The number of hydrogen-bond donors (Lipinski definition) is 2. The van der Waals surface area contributed by atoms with Crippen molar-refractivity contribution in [2.45, 2.75) is 31.2 Å². The molecule has 2 aromatic rings. The lowest BCUT2D eigenvalue weighted by atomic mass is 10.1. The van der Waals surface area contributed by atoms with Crippen LogP contribution in [0.4, 0.5) is 16.2 Å². The summed E-state index contributed by atoms with van der Waals surface area (Å²) in [6.07, 6.45) is 2.60. The Morgan fingerprint density at radius 3 is 2.38 bits per heavy atom. The van der Waals surface area contributed by atoms with Crippen LogP contribution in [0.15, 0.2) is 47.4 Å². The lowest BCUT2D eigenvalue weighted by Crippen LogP contribution is -2.43. The number of anilines is 2. The van der Waals surface area contributed by atoms with Crippen molar-refractivity contribution in [1.82, 2.24) is 5.32 Å². The topological polar surface area (TPSA) is 61.4 Å². The highest BCUT2D eigenvalue weighted by atomic mass is 32.2. The zero-order valence-corrected chi connectivity index (χ0v) is 16.0. The molecule has 1 aliphatic rings. The van der Waals surface area contributed by atoms with Gasteiger partial charge < -0.3 is 15.5 Å². The molecule has 1 atom stereocenters. The molecule has 6 heteroatoms. The summed E-state index contributed by atoms with van der Waals surface area (Å²) in [5.74, 6) is -0.0668. The van der Waals surface area contributed by atoms with E-state index in [9.17, 15) is 9.59 Å². The quantitative estimate of drug-likeness (QED) is 0.802. The highest BCUT2D eigenvalue weighted by Crippen LogP contribution is 2.24. The van der Waals surface area contributed by atoms with Crippen LogP contribution in [0, 0.1) is 13.8 Å². The SMILES string of the molecule is CSc1ccc(NC(=O)N[C@H]2CCN(c3cc(C)cc(C)c3)C2=O)cc1. The maximum atomic E-state index is 12.7. The molecule has 5 nitrogen and oxygen atoms in total. The summed E-state index contributed by atoms with van der Waals surface area (Å²) < 4.78 is 0. The molecule has 0 radical (unpaired) electrons. The van der Waals surface area contributed by atoms with E-state index in [1.807, 2.05) is 56.5 Å². The van der Waals surface area contributed by atoms with Crippen molar-refractivity contribution in [2.75, 3.05) is 23.0 Å². The van der Waals surface area contributed by atoms with E-state index in [0.29, 0.717) is 18.7 Å². The first-order valence-electron chi connectivity index (χ1n) is 8.57. The molecular formula is C20H23N3O2S. The maximum absolute atomic E-state index is 12.7. The van der Waals surface area contributed by atoms with Gasteiger partial charge in [0, 0.05) is 22.8 Å². The molecule has 0 spiro atoms. The van der Waals surface area contributed by atoms with Gasteiger partial charge in [-0.05, 0) is 74.0 Å².